The molecule has 18 nitrogen and oxygen atoms in total. The minimum Gasteiger partial charge on any atom is -0.480 e. The average Bonchev–Trinajstić information content (AvgIpc) is 2.94. The van der Waals surface area contributed by atoms with Gasteiger partial charge >= 0.3 is 5.97 Å². The normalized spacial score (nSPS) is 15.4. The number of aliphatic carboxylic acids is 1. The summed E-state index contributed by atoms with van der Waals surface area (Å²) in [7, 11) is 0. The Labute approximate surface area is 258 Å². The first-order valence-electron chi connectivity index (χ1n) is 13.7. The van der Waals surface area contributed by atoms with E-state index in [9.17, 15) is 48.6 Å². The van der Waals surface area contributed by atoms with E-state index in [2.05, 4.69) is 26.6 Å². The van der Waals surface area contributed by atoms with Crippen LogP contribution in [0.2, 0.25) is 0 Å². The van der Waals surface area contributed by atoms with Gasteiger partial charge in [0.05, 0.1) is 25.0 Å². The molecule has 0 radical (unpaired) electrons. The SMILES string of the molecule is C[C@H](NC(=O)[C@H](C)NC(=O)[C@@H](NC(=O)[C@@H](N)CC(N)=O)[C@@H](C)O)C(=O)N[C@@H](Cc1ccccc1)C(=O)N[C@@H](CC(N)=O)C(=O)O. The van der Waals surface area contributed by atoms with Crippen LogP contribution in [0.15, 0.2) is 30.3 Å². The molecule has 0 aliphatic carbocycles. The summed E-state index contributed by atoms with van der Waals surface area (Å²) < 4.78 is 0. The maximum atomic E-state index is 13.0. The standard InChI is InChI=1S/C27H40N8O10/c1-12(32-26(43)21(14(3)36)35-24(41)16(28)10-19(29)37)22(39)31-13(2)23(40)33-17(9-15-7-5-4-6-8-15)25(42)34-18(27(44)45)11-20(30)38/h4-8,12-14,16-18,21,36H,9-11,28H2,1-3H3,(H2,29,37)(H2,30,38)(H,31,39)(H,32,43)(H,33,40)(H,34,42)(H,35,41)(H,44,45)/t12-,13-,14+,16-,17-,18-,21-/m0/s1. The molecule has 1 aromatic rings. The highest BCUT2D eigenvalue weighted by atomic mass is 16.4. The summed E-state index contributed by atoms with van der Waals surface area (Å²) in [6, 6.07) is -0.0932. The Hall–Kier alpha value is -5.10. The molecule has 0 aliphatic heterocycles. The second-order valence-electron chi connectivity index (χ2n) is 10.3. The fourth-order valence-corrected chi connectivity index (χ4v) is 3.78. The minimum absolute atomic E-state index is 0.0794. The molecule has 0 fully saturated rings. The molecule has 0 aliphatic rings. The Morgan fingerprint density at radius 2 is 1.16 bits per heavy atom. The number of carboxylic acid groups (broad SMARTS) is 1. The predicted molar refractivity (Wildman–Crippen MR) is 156 cm³/mol. The van der Waals surface area contributed by atoms with Crippen LogP contribution in [0.1, 0.15) is 39.2 Å². The van der Waals surface area contributed by atoms with Crippen molar-refractivity contribution in [3.63, 3.8) is 0 Å². The molecule has 7 amide bonds. The van der Waals surface area contributed by atoms with E-state index in [1.807, 2.05) is 0 Å². The van der Waals surface area contributed by atoms with E-state index >= 15 is 0 Å². The lowest BCUT2D eigenvalue weighted by Crippen LogP contribution is -2.60. The van der Waals surface area contributed by atoms with Crippen LogP contribution >= 0.6 is 0 Å². The molecular weight excluding hydrogens is 596 g/mol. The van der Waals surface area contributed by atoms with Gasteiger partial charge in [0.2, 0.25) is 41.4 Å². The van der Waals surface area contributed by atoms with Crippen molar-refractivity contribution < 1.29 is 48.6 Å². The summed E-state index contributed by atoms with van der Waals surface area (Å²) >= 11 is 0. The van der Waals surface area contributed by atoms with Crippen molar-refractivity contribution in [2.24, 2.45) is 17.2 Å². The highest BCUT2D eigenvalue weighted by Gasteiger charge is 2.32. The van der Waals surface area contributed by atoms with Gasteiger partial charge in [0, 0.05) is 6.42 Å². The Morgan fingerprint density at radius 1 is 0.667 bits per heavy atom. The largest absolute Gasteiger partial charge is 0.480 e. The summed E-state index contributed by atoms with van der Waals surface area (Å²) in [5, 5.41) is 30.7. The third-order valence-electron chi connectivity index (χ3n) is 6.26. The summed E-state index contributed by atoms with van der Waals surface area (Å²) in [4.78, 5) is 97.4. The van der Waals surface area contributed by atoms with Crippen molar-refractivity contribution in [1.82, 2.24) is 26.6 Å². The van der Waals surface area contributed by atoms with E-state index < -0.39 is 103 Å². The number of amides is 7. The van der Waals surface area contributed by atoms with Crippen LogP contribution < -0.4 is 43.8 Å². The zero-order valence-electron chi connectivity index (χ0n) is 24.9. The zero-order chi connectivity index (χ0) is 34.4. The number of carbonyl (C=O) groups excluding carboxylic acids is 7. The van der Waals surface area contributed by atoms with Crippen LogP contribution in [0.5, 0.6) is 0 Å². The predicted octanol–water partition coefficient (Wildman–Crippen LogP) is -4.76. The minimum atomic E-state index is -1.65. The lowest BCUT2D eigenvalue weighted by molar-refractivity contribution is -0.143. The molecule has 1 rings (SSSR count). The van der Waals surface area contributed by atoms with Crippen LogP contribution in [0, 0.1) is 0 Å². The number of rotatable bonds is 18. The summed E-state index contributed by atoms with van der Waals surface area (Å²) in [6.45, 7) is 3.73. The third kappa shape index (κ3) is 13.4. The number of hydrogen-bond donors (Lipinski definition) is 10. The van der Waals surface area contributed by atoms with Gasteiger partial charge in [-0.25, -0.2) is 4.79 Å². The molecular formula is C27H40N8O10. The summed E-state index contributed by atoms with van der Waals surface area (Å²) in [6.07, 6.45) is -2.72. The van der Waals surface area contributed by atoms with Crippen molar-refractivity contribution in [1.29, 1.82) is 0 Å². The number of aliphatic hydroxyl groups excluding tert-OH is 1. The zero-order valence-corrected chi connectivity index (χ0v) is 24.9. The van der Waals surface area contributed by atoms with E-state index in [0.29, 0.717) is 5.56 Å². The second kappa shape index (κ2) is 17.9. The van der Waals surface area contributed by atoms with Crippen LogP contribution in [-0.4, -0.2) is 99.9 Å². The van der Waals surface area contributed by atoms with Gasteiger partial charge in [-0.1, -0.05) is 30.3 Å². The Kier molecular flexibility index (Phi) is 15.1. The number of benzene rings is 1. The molecule has 0 saturated heterocycles. The Bertz CT molecular complexity index is 1260. The number of hydrogen-bond acceptors (Lipinski definition) is 10. The van der Waals surface area contributed by atoms with E-state index in [1.165, 1.54) is 20.8 Å². The first-order chi connectivity index (χ1) is 20.9. The molecule has 0 unspecified atom stereocenters. The van der Waals surface area contributed by atoms with Crippen LogP contribution in [0.3, 0.4) is 0 Å². The average molecular weight is 637 g/mol. The van der Waals surface area contributed by atoms with Gasteiger partial charge in [0.25, 0.3) is 0 Å². The lowest BCUT2D eigenvalue weighted by Gasteiger charge is -2.25. The van der Waals surface area contributed by atoms with Crippen LogP contribution in [-0.2, 0) is 44.8 Å². The van der Waals surface area contributed by atoms with Gasteiger partial charge in [0.1, 0.15) is 30.2 Å². The molecule has 0 saturated carbocycles. The summed E-state index contributed by atoms with van der Waals surface area (Å²) in [5.41, 5.74) is 16.2. The highest BCUT2D eigenvalue weighted by molar-refractivity contribution is 5.97. The van der Waals surface area contributed by atoms with Crippen molar-refractivity contribution in [3.05, 3.63) is 35.9 Å². The first kappa shape index (κ1) is 37.9. The van der Waals surface area contributed by atoms with Gasteiger partial charge in [-0.05, 0) is 26.3 Å². The molecule has 13 N–H and O–H groups in total. The molecule has 0 spiro atoms. The topological polar surface area (TPSA) is 315 Å². The molecule has 7 atom stereocenters. The molecule has 0 bridgehead atoms. The van der Waals surface area contributed by atoms with E-state index in [0.717, 1.165) is 0 Å². The second-order valence-corrected chi connectivity index (χ2v) is 10.3. The molecule has 248 valence electrons. The van der Waals surface area contributed by atoms with E-state index in [4.69, 9.17) is 17.2 Å². The Balaban J connectivity index is 2.93. The number of nitrogens with one attached hydrogen (secondary N) is 5. The molecule has 1 aromatic carbocycles. The Morgan fingerprint density at radius 3 is 1.64 bits per heavy atom. The molecule has 45 heavy (non-hydrogen) atoms. The first-order valence-corrected chi connectivity index (χ1v) is 13.7. The molecule has 18 heteroatoms. The van der Waals surface area contributed by atoms with Crippen molar-refractivity contribution >= 4 is 47.3 Å². The molecule has 0 aromatic heterocycles. The number of aliphatic hydroxyl groups is 1. The van der Waals surface area contributed by atoms with Gasteiger partial charge < -0.3 is 54.0 Å². The van der Waals surface area contributed by atoms with E-state index in [1.54, 1.807) is 30.3 Å². The number of carbonyl (C=O) groups is 8. The maximum Gasteiger partial charge on any atom is 0.326 e. The molecule has 0 heterocycles. The van der Waals surface area contributed by atoms with Crippen LogP contribution in [0.25, 0.3) is 0 Å². The van der Waals surface area contributed by atoms with Gasteiger partial charge in [-0.15, -0.1) is 0 Å². The summed E-state index contributed by atoms with van der Waals surface area (Å²) in [5.74, 6) is -7.92. The lowest BCUT2D eigenvalue weighted by atomic mass is 10.0. The van der Waals surface area contributed by atoms with E-state index in [-0.39, 0.29) is 6.42 Å². The monoisotopic (exact) mass is 636 g/mol. The number of carboxylic acids is 1. The number of nitrogens with two attached hydrogens (primary N) is 3. The third-order valence-corrected chi connectivity index (χ3v) is 6.26. The van der Waals surface area contributed by atoms with Crippen molar-refractivity contribution in [2.75, 3.05) is 0 Å². The van der Waals surface area contributed by atoms with Gasteiger partial charge in [0.15, 0.2) is 0 Å². The fraction of sp³-hybridized carbons (Fsp3) is 0.481. The van der Waals surface area contributed by atoms with Crippen molar-refractivity contribution in [2.45, 2.75) is 82.4 Å². The highest BCUT2D eigenvalue weighted by Crippen LogP contribution is 2.06. The smallest absolute Gasteiger partial charge is 0.326 e. The quantitative estimate of drug-likeness (QED) is 0.0729. The van der Waals surface area contributed by atoms with Gasteiger partial charge in [-0.2, -0.15) is 0 Å². The fourth-order valence-electron chi connectivity index (χ4n) is 3.78. The number of primary amides is 2. The van der Waals surface area contributed by atoms with Gasteiger partial charge in [-0.3, -0.25) is 33.6 Å². The maximum absolute atomic E-state index is 13.0. The van der Waals surface area contributed by atoms with Crippen molar-refractivity contribution in [3.8, 4) is 0 Å². The van der Waals surface area contributed by atoms with Crippen LogP contribution in [0.4, 0.5) is 0 Å².